The van der Waals surface area contributed by atoms with Crippen LogP contribution in [0.25, 0.3) is 11.2 Å². The number of nitrogens with zero attached hydrogens (tertiary/aromatic N) is 4. The molecule has 33 heavy (non-hydrogen) atoms. The molecule has 178 valence electrons. The van der Waals surface area contributed by atoms with Crippen molar-refractivity contribution >= 4 is 42.9 Å². The summed E-state index contributed by atoms with van der Waals surface area (Å²) in [4.78, 5) is 42.2. The largest absolute Gasteiger partial charge is 0.341 e. The molecule has 11 nitrogen and oxygen atoms in total. The van der Waals surface area contributed by atoms with Gasteiger partial charge >= 0.3 is 7.60 Å². The fourth-order valence-corrected chi connectivity index (χ4v) is 7.27. The molecule has 3 aromatic rings. The van der Waals surface area contributed by atoms with Crippen LogP contribution in [0.1, 0.15) is 25.6 Å². The van der Waals surface area contributed by atoms with E-state index in [-0.39, 0.29) is 5.30 Å². The highest BCUT2D eigenvalue weighted by atomic mass is 31.2. The lowest BCUT2D eigenvalue weighted by Gasteiger charge is -2.22. The summed E-state index contributed by atoms with van der Waals surface area (Å²) in [5.41, 5.74) is 1.97. The van der Waals surface area contributed by atoms with Crippen molar-refractivity contribution in [3.05, 3.63) is 36.4 Å². The van der Waals surface area contributed by atoms with Gasteiger partial charge in [0.25, 0.3) is 0 Å². The predicted molar refractivity (Wildman–Crippen MR) is 126 cm³/mol. The number of aryl methyl sites for hydroxylation is 1. The SMILES string of the molecule is CCn1cnc2c(Nc3ccc(P(=O)(O)CP(=O)(O)O)cc3)nc(CC3CCCNC3)nc21. The van der Waals surface area contributed by atoms with Crippen LogP contribution in [-0.2, 0) is 22.1 Å². The molecular formula is C20H28N6O5P2. The molecule has 0 amide bonds. The minimum Gasteiger partial charge on any atom is -0.341 e. The summed E-state index contributed by atoms with van der Waals surface area (Å²) < 4.78 is 25.5. The van der Waals surface area contributed by atoms with Gasteiger partial charge in [-0.3, -0.25) is 9.13 Å². The van der Waals surface area contributed by atoms with Gasteiger partial charge in [0, 0.05) is 24.0 Å². The number of anilines is 2. The molecule has 1 saturated heterocycles. The van der Waals surface area contributed by atoms with Crippen LogP contribution in [0.3, 0.4) is 0 Å². The van der Waals surface area contributed by atoms with E-state index in [1.807, 2.05) is 11.5 Å². The highest BCUT2D eigenvalue weighted by Gasteiger charge is 2.31. The first kappa shape index (κ1) is 24.0. The molecule has 5 N–H and O–H groups in total. The molecule has 2 aromatic heterocycles. The molecule has 0 radical (unpaired) electrons. The number of imidazole rings is 1. The van der Waals surface area contributed by atoms with Crippen molar-refractivity contribution in [1.82, 2.24) is 24.8 Å². The van der Waals surface area contributed by atoms with Crippen LogP contribution in [0.2, 0.25) is 0 Å². The Balaban J connectivity index is 1.61. The molecule has 2 atom stereocenters. The standard InChI is InChI=1S/C20H28N6O5P2/c1-2-26-12-22-18-19(24-17(25-20(18)26)10-14-4-3-9-21-11-14)23-15-5-7-16(8-6-15)32(27,28)13-33(29,30)31/h5-8,12,14,21H,2-4,9-11,13H2,1H3,(H,27,28)(H,23,24,25)(H2,29,30,31). The molecule has 1 aliphatic heterocycles. The van der Waals surface area contributed by atoms with Gasteiger partial charge in [-0.15, -0.1) is 0 Å². The Morgan fingerprint density at radius 3 is 2.58 bits per heavy atom. The molecule has 0 aliphatic carbocycles. The Morgan fingerprint density at radius 2 is 1.94 bits per heavy atom. The number of rotatable bonds is 8. The summed E-state index contributed by atoms with van der Waals surface area (Å²) in [6.07, 6.45) is 4.74. The first-order valence-corrected chi connectivity index (χ1v) is 14.5. The monoisotopic (exact) mass is 494 g/mol. The summed E-state index contributed by atoms with van der Waals surface area (Å²) in [5, 5.41) is 6.61. The highest BCUT2D eigenvalue weighted by Crippen LogP contribution is 2.53. The zero-order valence-electron chi connectivity index (χ0n) is 18.3. The van der Waals surface area contributed by atoms with Gasteiger partial charge < -0.3 is 29.9 Å². The van der Waals surface area contributed by atoms with Crippen LogP contribution < -0.4 is 15.9 Å². The lowest BCUT2D eigenvalue weighted by molar-refractivity contribution is 0.371. The summed E-state index contributed by atoms with van der Waals surface area (Å²) in [7, 11) is -8.80. The van der Waals surface area contributed by atoms with Gasteiger partial charge in [-0.1, -0.05) is 0 Å². The molecule has 0 bridgehead atoms. The Morgan fingerprint density at radius 1 is 1.18 bits per heavy atom. The molecule has 4 rings (SSSR count). The van der Waals surface area contributed by atoms with Crippen molar-refractivity contribution < 1.29 is 23.8 Å². The summed E-state index contributed by atoms with van der Waals surface area (Å²) >= 11 is 0. The van der Waals surface area contributed by atoms with E-state index in [9.17, 15) is 14.0 Å². The summed E-state index contributed by atoms with van der Waals surface area (Å²) in [6.45, 7) is 4.72. The lowest BCUT2D eigenvalue weighted by Crippen LogP contribution is -2.31. The van der Waals surface area contributed by atoms with Crippen LogP contribution in [-0.4, -0.2) is 53.2 Å². The number of hydrogen-bond donors (Lipinski definition) is 5. The number of nitrogens with one attached hydrogen (secondary N) is 2. The highest BCUT2D eigenvalue weighted by molar-refractivity contribution is 7.77. The smallest absolute Gasteiger partial charge is 0.335 e. The summed E-state index contributed by atoms with van der Waals surface area (Å²) in [5.74, 6) is 0.648. The molecule has 2 unspecified atom stereocenters. The van der Waals surface area contributed by atoms with Gasteiger partial charge in [-0.05, 0) is 63.0 Å². The Labute approximate surface area is 191 Å². The fraction of sp³-hybridized carbons (Fsp3) is 0.450. The van der Waals surface area contributed by atoms with Crippen molar-refractivity contribution in [2.24, 2.45) is 5.92 Å². The maximum atomic E-state index is 12.3. The van der Waals surface area contributed by atoms with Crippen LogP contribution >= 0.6 is 15.0 Å². The third-order valence-electron chi connectivity index (χ3n) is 5.63. The lowest BCUT2D eigenvalue weighted by atomic mass is 9.96. The number of aromatic nitrogens is 4. The number of benzene rings is 1. The minimum absolute atomic E-state index is 0.0232. The number of piperidine rings is 1. The second-order valence-corrected chi connectivity index (χ2v) is 12.7. The molecule has 1 fully saturated rings. The normalized spacial score (nSPS) is 18.8. The van der Waals surface area contributed by atoms with E-state index in [0.29, 0.717) is 22.9 Å². The van der Waals surface area contributed by atoms with Crippen molar-refractivity contribution in [3.8, 4) is 0 Å². The zero-order chi connectivity index (χ0) is 23.6. The molecule has 1 aliphatic rings. The van der Waals surface area contributed by atoms with Crippen molar-refractivity contribution in [3.63, 3.8) is 0 Å². The van der Waals surface area contributed by atoms with E-state index in [1.54, 1.807) is 18.5 Å². The van der Waals surface area contributed by atoms with E-state index < -0.39 is 20.9 Å². The predicted octanol–water partition coefficient (Wildman–Crippen LogP) is 2.16. The van der Waals surface area contributed by atoms with E-state index in [2.05, 4.69) is 15.6 Å². The Bertz CT molecular complexity index is 1220. The Hall–Kier alpha value is -2.13. The van der Waals surface area contributed by atoms with E-state index >= 15 is 0 Å². The van der Waals surface area contributed by atoms with Gasteiger partial charge in [0.2, 0.25) is 7.37 Å². The molecule has 13 heteroatoms. The van der Waals surface area contributed by atoms with Crippen LogP contribution in [0.5, 0.6) is 0 Å². The third kappa shape index (κ3) is 5.87. The van der Waals surface area contributed by atoms with Gasteiger partial charge in [0.05, 0.1) is 6.33 Å². The van der Waals surface area contributed by atoms with E-state index in [1.165, 1.54) is 12.1 Å². The summed E-state index contributed by atoms with van der Waals surface area (Å²) in [6, 6.07) is 5.92. The third-order valence-corrected chi connectivity index (χ3v) is 9.74. The van der Waals surface area contributed by atoms with Crippen molar-refractivity contribution in [2.75, 3.05) is 24.3 Å². The first-order valence-electron chi connectivity index (χ1n) is 10.8. The molecule has 1 aromatic carbocycles. The first-order chi connectivity index (χ1) is 15.6. The van der Waals surface area contributed by atoms with Crippen molar-refractivity contribution in [1.29, 1.82) is 0 Å². The minimum atomic E-state index is -4.63. The van der Waals surface area contributed by atoms with Gasteiger partial charge in [-0.25, -0.2) is 15.0 Å². The van der Waals surface area contributed by atoms with Gasteiger partial charge in [-0.2, -0.15) is 0 Å². The number of fused-ring (bicyclic) bond motifs is 1. The zero-order valence-corrected chi connectivity index (χ0v) is 20.0. The molecule has 3 heterocycles. The molecule has 0 spiro atoms. The van der Waals surface area contributed by atoms with Gasteiger partial charge in [0.1, 0.15) is 11.7 Å². The molecule has 0 saturated carbocycles. The number of hydrogen-bond acceptors (Lipinski definition) is 7. The second-order valence-electron chi connectivity index (χ2n) is 8.29. The van der Waals surface area contributed by atoms with Crippen LogP contribution in [0.15, 0.2) is 30.6 Å². The van der Waals surface area contributed by atoms with Gasteiger partial charge in [0.15, 0.2) is 17.0 Å². The van der Waals surface area contributed by atoms with Crippen LogP contribution in [0.4, 0.5) is 11.5 Å². The average Bonchev–Trinajstić information content (AvgIpc) is 3.16. The maximum absolute atomic E-state index is 12.3. The van der Waals surface area contributed by atoms with Crippen LogP contribution in [0, 0.1) is 5.92 Å². The van der Waals surface area contributed by atoms with Crippen molar-refractivity contribution in [2.45, 2.75) is 32.7 Å². The quantitative estimate of drug-likeness (QED) is 0.293. The fourth-order valence-electron chi connectivity index (χ4n) is 4.00. The maximum Gasteiger partial charge on any atom is 0.335 e. The van der Waals surface area contributed by atoms with E-state index in [0.717, 1.165) is 50.4 Å². The average molecular weight is 494 g/mol. The molecular weight excluding hydrogens is 466 g/mol. The Kier molecular flexibility index (Phi) is 7.00. The topological polar surface area (TPSA) is 162 Å². The second kappa shape index (κ2) is 9.62. The van der Waals surface area contributed by atoms with E-state index in [4.69, 9.17) is 19.8 Å².